The van der Waals surface area contributed by atoms with Gasteiger partial charge in [-0.2, -0.15) is 0 Å². The van der Waals surface area contributed by atoms with Gasteiger partial charge in [-0.3, -0.25) is 0 Å². The van der Waals surface area contributed by atoms with Gasteiger partial charge in [0.15, 0.2) is 0 Å². The van der Waals surface area contributed by atoms with Crippen molar-refractivity contribution in [2.24, 2.45) is 0 Å². The van der Waals surface area contributed by atoms with Crippen LogP contribution in [0.3, 0.4) is 0 Å². The zero-order valence-electron chi connectivity index (χ0n) is 9.29. The molecular formula is C10H13O6P. The van der Waals surface area contributed by atoms with Crippen molar-refractivity contribution in [3.05, 3.63) is 25.3 Å². The normalized spacial score (nSPS) is 9.53. The molecule has 0 aliphatic carbocycles. The summed E-state index contributed by atoms with van der Waals surface area (Å²) in [6, 6.07) is 0. The summed E-state index contributed by atoms with van der Waals surface area (Å²) in [5, 5.41) is 8.76. The van der Waals surface area contributed by atoms with Crippen LogP contribution in [0.25, 0.3) is 0 Å². The molecule has 0 aromatic heterocycles. The Morgan fingerprint density at radius 3 is 2.24 bits per heavy atom. The maximum atomic E-state index is 10.4. The van der Waals surface area contributed by atoms with Crippen LogP contribution in [0.4, 0.5) is 0 Å². The van der Waals surface area contributed by atoms with Crippen molar-refractivity contribution < 1.29 is 28.7 Å². The Balaban J connectivity index is 0. The van der Waals surface area contributed by atoms with Crippen LogP contribution in [0.15, 0.2) is 25.3 Å². The first-order valence-corrected chi connectivity index (χ1v) is 5.08. The van der Waals surface area contributed by atoms with E-state index in [9.17, 15) is 14.2 Å². The molecule has 0 aliphatic heterocycles. The van der Waals surface area contributed by atoms with Gasteiger partial charge >= 0.3 is 70.0 Å². The molecule has 94 valence electrons. The first kappa shape index (κ1) is 17.8. The van der Waals surface area contributed by atoms with Crippen LogP contribution < -0.4 is 0 Å². The Labute approximate surface area is 100 Å². The molecule has 1 unspecified atom stereocenters. The van der Waals surface area contributed by atoms with E-state index in [1.54, 1.807) is 0 Å². The van der Waals surface area contributed by atoms with E-state index in [0.717, 1.165) is 12.2 Å². The van der Waals surface area contributed by atoms with Gasteiger partial charge < -0.3 is 4.74 Å². The van der Waals surface area contributed by atoms with Gasteiger partial charge in [0.1, 0.15) is 0 Å². The van der Waals surface area contributed by atoms with E-state index in [2.05, 4.69) is 28.3 Å². The number of ether oxygens (including phenoxy) is 2. The number of esters is 2. The molecule has 1 N–H and O–H groups in total. The predicted octanol–water partition coefficient (Wildman–Crippen LogP) is 0.673. The van der Waals surface area contributed by atoms with Gasteiger partial charge in [0.05, 0.1) is 7.11 Å². The first-order chi connectivity index (χ1) is 8.01. The maximum absolute atomic E-state index is 10.4. The molecule has 0 saturated carbocycles. The molecule has 6 nitrogen and oxygen atoms in total. The number of methoxy groups -OCH3 is 1. The number of hydrogen-bond acceptors (Lipinski definition) is 6. The van der Waals surface area contributed by atoms with Crippen LogP contribution in [0.2, 0.25) is 0 Å². The predicted molar refractivity (Wildman–Crippen MR) is 60.9 cm³/mol. The Kier molecular flexibility index (Phi) is 13.0. The molecule has 0 aliphatic rings. The molecule has 0 amide bonds. The van der Waals surface area contributed by atoms with Crippen molar-refractivity contribution in [2.45, 2.75) is 6.10 Å². The van der Waals surface area contributed by atoms with Crippen molar-refractivity contribution in [1.29, 1.82) is 0 Å². The number of rotatable bonds is 4. The van der Waals surface area contributed by atoms with Gasteiger partial charge in [-0.05, 0) is 0 Å². The second kappa shape index (κ2) is 12.5. The Morgan fingerprint density at radius 1 is 1.41 bits per heavy atom. The monoisotopic (exact) mass is 260 g/mol. The molecule has 17 heavy (non-hydrogen) atoms. The van der Waals surface area contributed by atoms with Crippen molar-refractivity contribution in [3.8, 4) is 5.63 Å². The SMILES string of the molecule is C=CC(=O)OC.C=CC(=O)OCC(O)C#P=O. The van der Waals surface area contributed by atoms with Crippen LogP contribution in [0, 0.1) is 5.63 Å². The van der Waals surface area contributed by atoms with Crippen molar-refractivity contribution >= 4 is 19.9 Å². The molecule has 0 bridgehead atoms. The molecule has 7 heteroatoms. The summed E-state index contributed by atoms with van der Waals surface area (Å²) < 4.78 is 18.3. The van der Waals surface area contributed by atoms with E-state index in [-0.39, 0.29) is 6.61 Å². The van der Waals surface area contributed by atoms with Crippen LogP contribution in [-0.4, -0.2) is 36.9 Å². The number of carbonyl (C=O) groups is 2. The van der Waals surface area contributed by atoms with Gasteiger partial charge in [0, 0.05) is 6.08 Å². The topological polar surface area (TPSA) is 89.9 Å². The zero-order chi connectivity index (χ0) is 13.7. The fraction of sp³-hybridized carbons (Fsp3) is 0.300. The van der Waals surface area contributed by atoms with Gasteiger partial charge in [-0.15, -0.1) is 0 Å². The number of aliphatic hydroxyl groups excluding tert-OH is 1. The average molecular weight is 260 g/mol. The number of aliphatic hydroxyl groups is 1. The van der Waals surface area contributed by atoms with Gasteiger partial charge in [-0.1, -0.05) is 6.58 Å². The van der Waals surface area contributed by atoms with E-state index in [1.807, 2.05) is 0 Å². The Hall–Kier alpha value is -1.61. The van der Waals surface area contributed by atoms with Gasteiger partial charge in [-0.25, -0.2) is 4.79 Å². The molecule has 0 fully saturated rings. The van der Waals surface area contributed by atoms with Crippen LogP contribution >= 0.6 is 7.92 Å². The molecule has 0 aromatic carbocycles. The molecule has 0 rings (SSSR count). The number of carbonyl (C=O) groups excluding carboxylic acids is 2. The van der Waals surface area contributed by atoms with Crippen molar-refractivity contribution in [2.75, 3.05) is 13.7 Å². The molecule has 0 radical (unpaired) electrons. The zero-order valence-corrected chi connectivity index (χ0v) is 10.2. The third-order valence-corrected chi connectivity index (χ3v) is 1.52. The second-order valence-electron chi connectivity index (χ2n) is 2.30. The second-order valence-corrected chi connectivity index (χ2v) is 2.74. The van der Waals surface area contributed by atoms with E-state index < -0.39 is 26.0 Å². The fourth-order valence-electron chi connectivity index (χ4n) is 0.401. The molecular weight excluding hydrogens is 247 g/mol. The molecule has 0 aromatic rings. The van der Waals surface area contributed by atoms with E-state index in [4.69, 9.17) is 5.11 Å². The summed E-state index contributed by atoms with van der Waals surface area (Å²) in [5.74, 6) is -1.02. The summed E-state index contributed by atoms with van der Waals surface area (Å²) in [7, 11) is 0.898. The Morgan fingerprint density at radius 2 is 1.94 bits per heavy atom. The summed E-state index contributed by atoms with van der Waals surface area (Å²) in [6.45, 7) is 6.05. The van der Waals surface area contributed by atoms with Gasteiger partial charge in [0.25, 0.3) is 0 Å². The first-order valence-electron chi connectivity index (χ1n) is 4.27. The minimum atomic E-state index is -1.11. The van der Waals surface area contributed by atoms with Crippen LogP contribution in [-0.2, 0) is 23.6 Å². The van der Waals surface area contributed by atoms with E-state index in [0.29, 0.717) is 0 Å². The average Bonchev–Trinajstić information content (AvgIpc) is 2.35. The Bertz CT molecular complexity index is 369. The van der Waals surface area contributed by atoms with Gasteiger partial charge in [0.2, 0.25) is 0 Å². The number of hydrogen-bond donors (Lipinski definition) is 1. The molecule has 0 saturated heterocycles. The molecule has 0 spiro atoms. The standard InChI is InChI=1S/C6H7O4P.C4H6O2/c1-2-6(8)10-3-5(7)4-11-9;1-3-4(5)6-2/h2,5,7H,1,3H2;3H,1H2,2H3. The third kappa shape index (κ3) is 14.4. The molecule has 0 heterocycles. The van der Waals surface area contributed by atoms with E-state index >= 15 is 0 Å². The third-order valence-electron chi connectivity index (χ3n) is 1.12. The summed E-state index contributed by atoms with van der Waals surface area (Å²) in [5.41, 5.74) is 2.09. The van der Waals surface area contributed by atoms with Crippen molar-refractivity contribution in [1.82, 2.24) is 0 Å². The van der Waals surface area contributed by atoms with Crippen LogP contribution in [0.5, 0.6) is 0 Å². The van der Waals surface area contributed by atoms with Crippen LogP contribution in [0.1, 0.15) is 0 Å². The summed E-state index contributed by atoms with van der Waals surface area (Å²) in [6.07, 6.45) is 0.972. The minimum absolute atomic E-state index is 0.250. The summed E-state index contributed by atoms with van der Waals surface area (Å²) >= 11 is 0. The van der Waals surface area contributed by atoms with Crippen molar-refractivity contribution in [3.63, 3.8) is 0 Å². The quantitative estimate of drug-likeness (QED) is 0.454. The van der Waals surface area contributed by atoms with E-state index in [1.165, 1.54) is 7.11 Å². The summed E-state index contributed by atoms with van der Waals surface area (Å²) in [4.78, 5) is 20.2. The molecule has 1 atom stereocenters. The fourth-order valence-corrected chi connectivity index (χ4v) is 0.598.